The summed E-state index contributed by atoms with van der Waals surface area (Å²) in [5, 5.41) is 6.56. The first-order chi connectivity index (χ1) is 10.0. The molecule has 7 heteroatoms. The van der Waals surface area contributed by atoms with Gasteiger partial charge in [0.1, 0.15) is 0 Å². The molecule has 0 bridgehead atoms. The molecule has 1 aliphatic heterocycles. The minimum absolute atomic E-state index is 0. The summed E-state index contributed by atoms with van der Waals surface area (Å²) in [5.74, 6) is -0.390. The third-order valence-corrected chi connectivity index (χ3v) is 3.96. The summed E-state index contributed by atoms with van der Waals surface area (Å²) in [6.45, 7) is 2.96. The minimum atomic E-state index is -0.294. The van der Waals surface area contributed by atoms with Gasteiger partial charge < -0.3 is 15.5 Å². The number of anilines is 1. The fraction of sp³-hybridized carbons (Fsp3) is 0.467. The van der Waals surface area contributed by atoms with Gasteiger partial charge in [0.25, 0.3) is 0 Å². The predicted molar refractivity (Wildman–Crippen MR) is 90.7 cm³/mol. The average molecular weight is 346 g/mol. The lowest BCUT2D eigenvalue weighted by atomic mass is 10.1. The van der Waals surface area contributed by atoms with Gasteiger partial charge in [-0.3, -0.25) is 9.59 Å². The summed E-state index contributed by atoms with van der Waals surface area (Å²) >= 11 is 5.84. The highest BCUT2D eigenvalue weighted by Crippen LogP contribution is 2.26. The van der Waals surface area contributed by atoms with Crippen molar-refractivity contribution in [3.8, 4) is 0 Å². The Balaban J connectivity index is 0.00000242. The molecule has 2 atom stereocenters. The van der Waals surface area contributed by atoms with Gasteiger partial charge in [-0.15, -0.1) is 12.4 Å². The smallest absolute Gasteiger partial charge is 0.227 e. The van der Waals surface area contributed by atoms with Crippen molar-refractivity contribution in [1.82, 2.24) is 10.6 Å². The van der Waals surface area contributed by atoms with E-state index in [0.717, 1.165) is 5.69 Å². The molecule has 0 spiro atoms. The van der Waals surface area contributed by atoms with Gasteiger partial charge >= 0.3 is 0 Å². The molecular weight excluding hydrogens is 325 g/mol. The summed E-state index contributed by atoms with van der Waals surface area (Å²) < 4.78 is 0. The summed E-state index contributed by atoms with van der Waals surface area (Å²) in [6.07, 6.45) is 0.252. The SMILES string of the molecule is CNC(C)CNC(=O)C1CC(=O)N(c2ccc(Cl)cc2)C1.Cl. The first-order valence-electron chi connectivity index (χ1n) is 7.02. The van der Waals surface area contributed by atoms with Gasteiger partial charge in [0.05, 0.1) is 5.92 Å². The molecule has 1 aromatic rings. The molecule has 1 heterocycles. The Morgan fingerprint density at radius 3 is 2.64 bits per heavy atom. The molecule has 122 valence electrons. The van der Waals surface area contributed by atoms with Gasteiger partial charge in [0, 0.05) is 36.3 Å². The van der Waals surface area contributed by atoms with E-state index in [2.05, 4.69) is 10.6 Å². The second-order valence-corrected chi connectivity index (χ2v) is 5.75. The second kappa shape index (κ2) is 8.36. The number of hydrogen-bond donors (Lipinski definition) is 2. The van der Waals surface area contributed by atoms with E-state index in [1.54, 1.807) is 29.2 Å². The number of carbonyl (C=O) groups is 2. The lowest BCUT2D eigenvalue weighted by molar-refractivity contribution is -0.126. The Kier molecular flexibility index (Phi) is 7.13. The largest absolute Gasteiger partial charge is 0.354 e. The van der Waals surface area contributed by atoms with E-state index in [1.165, 1.54) is 0 Å². The minimum Gasteiger partial charge on any atom is -0.354 e. The maximum absolute atomic E-state index is 12.1. The van der Waals surface area contributed by atoms with E-state index in [-0.39, 0.29) is 42.6 Å². The molecule has 1 saturated heterocycles. The molecule has 2 unspecified atom stereocenters. The van der Waals surface area contributed by atoms with E-state index in [1.807, 2.05) is 14.0 Å². The molecule has 0 radical (unpaired) electrons. The van der Waals surface area contributed by atoms with Gasteiger partial charge in [0.15, 0.2) is 0 Å². The van der Waals surface area contributed by atoms with Gasteiger partial charge in [-0.25, -0.2) is 0 Å². The zero-order chi connectivity index (χ0) is 15.4. The molecule has 22 heavy (non-hydrogen) atoms. The first-order valence-corrected chi connectivity index (χ1v) is 7.40. The van der Waals surface area contributed by atoms with Crippen molar-refractivity contribution in [1.29, 1.82) is 0 Å². The number of hydrogen-bond acceptors (Lipinski definition) is 3. The Labute approximate surface area is 141 Å². The van der Waals surface area contributed by atoms with E-state index in [0.29, 0.717) is 18.1 Å². The Hall–Kier alpha value is -1.30. The molecule has 1 fully saturated rings. The van der Waals surface area contributed by atoms with Gasteiger partial charge in [0.2, 0.25) is 11.8 Å². The highest BCUT2D eigenvalue weighted by molar-refractivity contribution is 6.30. The zero-order valence-corrected chi connectivity index (χ0v) is 14.2. The lowest BCUT2D eigenvalue weighted by Gasteiger charge is -2.17. The van der Waals surface area contributed by atoms with Crippen LogP contribution in [-0.4, -0.2) is 38.0 Å². The second-order valence-electron chi connectivity index (χ2n) is 5.32. The molecule has 5 nitrogen and oxygen atoms in total. The number of halogens is 2. The van der Waals surface area contributed by atoms with Gasteiger partial charge in [-0.05, 0) is 38.2 Å². The van der Waals surface area contributed by atoms with Crippen LogP contribution in [0.25, 0.3) is 0 Å². The van der Waals surface area contributed by atoms with Crippen LogP contribution in [0.1, 0.15) is 13.3 Å². The van der Waals surface area contributed by atoms with Crippen molar-refractivity contribution in [2.45, 2.75) is 19.4 Å². The normalized spacial score (nSPS) is 18.8. The number of nitrogens with zero attached hydrogens (tertiary/aromatic N) is 1. The van der Waals surface area contributed by atoms with Crippen molar-refractivity contribution in [3.05, 3.63) is 29.3 Å². The number of amides is 2. The van der Waals surface area contributed by atoms with Gasteiger partial charge in [-0.2, -0.15) is 0 Å². The van der Waals surface area contributed by atoms with Crippen molar-refractivity contribution in [2.75, 3.05) is 25.0 Å². The highest BCUT2D eigenvalue weighted by Gasteiger charge is 2.34. The van der Waals surface area contributed by atoms with Crippen LogP contribution in [0.3, 0.4) is 0 Å². The van der Waals surface area contributed by atoms with E-state index < -0.39 is 0 Å². The number of likely N-dealkylation sites (N-methyl/N-ethyl adjacent to an activating group) is 1. The van der Waals surface area contributed by atoms with Crippen LogP contribution in [0.2, 0.25) is 5.02 Å². The van der Waals surface area contributed by atoms with Crippen LogP contribution in [0, 0.1) is 5.92 Å². The summed E-state index contributed by atoms with van der Waals surface area (Å²) in [6, 6.07) is 7.28. The molecule has 2 amide bonds. The third kappa shape index (κ3) is 4.60. The fourth-order valence-corrected chi connectivity index (χ4v) is 2.38. The standard InChI is InChI=1S/C15H20ClN3O2.ClH/c1-10(17-2)8-18-15(21)11-7-14(20)19(9-11)13-5-3-12(16)4-6-13;/h3-6,10-11,17H,7-9H2,1-2H3,(H,18,21);1H. The summed E-state index contributed by atoms with van der Waals surface area (Å²) in [5.41, 5.74) is 0.781. The maximum Gasteiger partial charge on any atom is 0.227 e. The van der Waals surface area contributed by atoms with Crippen molar-refractivity contribution >= 4 is 41.5 Å². The molecule has 2 rings (SSSR count). The van der Waals surface area contributed by atoms with Crippen LogP contribution >= 0.6 is 24.0 Å². The zero-order valence-electron chi connectivity index (χ0n) is 12.6. The molecule has 0 aliphatic carbocycles. The summed E-state index contributed by atoms with van der Waals surface area (Å²) in [7, 11) is 1.85. The number of rotatable bonds is 5. The van der Waals surface area contributed by atoms with Crippen LogP contribution in [-0.2, 0) is 9.59 Å². The Morgan fingerprint density at radius 1 is 1.41 bits per heavy atom. The highest BCUT2D eigenvalue weighted by atomic mass is 35.5. The quantitative estimate of drug-likeness (QED) is 0.855. The topological polar surface area (TPSA) is 61.4 Å². The molecule has 1 aliphatic rings. The fourth-order valence-electron chi connectivity index (χ4n) is 2.25. The Morgan fingerprint density at radius 2 is 2.05 bits per heavy atom. The molecular formula is C15H21Cl2N3O2. The third-order valence-electron chi connectivity index (χ3n) is 3.71. The van der Waals surface area contributed by atoms with Crippen molar-refractivity contribution in [2.24, 2.45) is 5.92 Å². The van der Waals surface area contributed by atoms with Crippen molar-refractivity contribution in [3.63, 3.8) is 0 Å². The number of carbonyl (C=O) groups excluding carboxylic acids is 2. The van der Waals surface area contributed by atoms with Crippen LogP contribution in [0.15, 0.2) is 24.3 Å². The van der Waals surface area contributed by atoms with E-state index in [4.69, 9.17) is 11.6 Å². The maximum atomic E-state index is 12.1. The van der Waals surface area contributed by atoms with Crippen LogP contribution < -0.4 is 15.5 Å². The van der Waals surface area contributed by atoms with Gasteiger partial charge in [-0.1, -0.05) is 11.6 Å². The van der Waals surface area contributed by atoms with Crippen LogP contribution in [0.5, 0.6) is 0 Å². The predicted octanol–water partition coefficient (Wildman–Crippen LogP) is 1.84. The number of nitrogens with one attached hydrogen (secondary N) is 2. The monoisotopic (exact) mass is 345 g/mol. The first kappa shape index (κ1) is 18.7. The number of benzene rings is 1. The molecule has 2 N–H and O–H groups in total. The van der Waals surface area contributed by atoms with Crippen LogP contribution in [0.4, 0.5) is 5.69 Å². The van der Waals surface area contributed by atoms with Crippen molar-refractivity contribution < 1.29 is 9.59 Å². The van der Waals surface area contributed by atoms with E-state index >= 15 is 0 Å². The van der Waals surface area contributed by atoms with E-state index in [9.17, 15) is 9.59 Å². The Bertz CT molecular complexity index is 522. The molecule has 0 aromatic heterocycles. The summed E-state index contributed by atoms with van der Waals surface area (Å²) in [4.78, 5) is 25.8. The molecule has 1 aromatic carbocycles. The average Bonchev–Trinajstić information content (AvgIpc) is 2.87. The molecule has 0 saturated carbocycles. The lowest BCUT2D eigenvalue weighted by Crippen LogP contribution is -2.40.